The van der Waals surface area contributed by atoms with Crippen LogP contribution in [0.3, 0.4) is 0 Å². The smallest absolute Gasteiger partial charge is 0.281 e. The van der Waals surface area contributed by atoms with Gasteiger partial charge in [0.1, 0.15) is 6.33 Å². The average molecular weight is 289 g/mol. The van der Waals surface area contributed by atoms with Crippen LogP contribution in [-0.4, -0.2) is 55.3 Å². The molecule has 0 saturated carbocycles. The molecule has 2 aromatic heterocycles. The summed E-state index contributed by atoms with van der Waals surface area (Å²) in [5, 5.41) is 9.41. The largest absolute Gasteiger partial charge is 0.395 e. The Kier molecular flexibility index (Phi) is 4.21. The summed E-state index contributed by atoms with van der Waals surface area (Å²) >= 11 is 0. The first-order valence-electron chi connectivity index (χ1n) is 7.30. The molecule has 0 aliphatic carbocycles. The van der Waals surface area contributed by atoms with Crippen LogP contribution in [0.5, 0.6) is 0 Å². The third kappa shape index (κ3) is 2.93. The van der Waals surface area contributed by atoms with Gasteiger partial charge in [0.15, 0.2) is 11.2 Å². The lowest BCUT2D eigenvalue weighted by atomic mass is 10.0. The molecule has 3 heterocycles. The van der Waals surface area contributed by atoms with Gasteiger partial charge in [-0.15, -0.1) is 0 Å². The molecule has 7 nitrogen and oxygen atoms in total. The highest BCUT2D eigenvalue weighted by molar-refractivity contribution is 5.66. The molecule has 1 aliphatic rings. The van der Waals surface area contributed by atoms with Gasteiger partial charge in [0.25, 0.3) is 5.56 Å². The normalized spacial score (nSPS) is 20.0. The Morgan fingerprint density at radius 2 is 2.05 bits per heavy atom. The minimum Gasteiger partial charge on any atom is -0.395 e. The average Bonchev–Trinajstić information content (AvgIpc) is 2.55. The van der Waals surface area contributed by atoms with Crippen molar-refractivity contribution in [2.24, 2.45) is 0 Å². The number of likely N-dealkylation sites (tertiary alicyclic amines) is 1. The minimum atomic E-state index is -0.161. The van der Waals surface area contributed by atoms with Crippen LogP contribution >= 0.6 is 0 Å². The summed E-state index contributed by atoms with van der Waals surface area (Å²) in [6.07, 6.45) is 7.88. The highest BCUT2D eigenvalue weighted by atomic mass is 16.3. The third-order valence-electron chi connectivity index (χ3n) is 4.05. The zero-order valence-corrected chi connectivity index (χ0v) is 11.9. The van der Waals surface area contributed by atoms with Crippen molar-refractivity contribution in [1.82, 2.24) is 24.4 Å². The molecule has 1 fully saturated rings. The van der Waals surface area contributed by atoms with Gasteiger partial charge < -0.3 is 5.11 Å². The molecule has 1 aliphatic heterocycles. The molecule has 0 aromatic carbocycles. The van der Waals surface area contributed by atoms with Gasteiger partial charge in [-0.3, -0.25) is 14.3 Å². The van der Waals surface area contributed by atoms with Gasteiger partial charge in [0.2, 0.25) is 0 Å². The second-order valence-corrected chi connectivity index (χ2v) is 5.34. The van der Waals surface area contributed by atoms with Crippen molar-refractivity contribution in [2.75, 3.05) is 19.7 Å². The molecule has 2 aromatic rings. The maximum Gasteiger partial charge on any atom is 0.281 e. The summed E-state index contributed by atoms with van der Waals surface area (Å²) in [6, 6.07) is 0.211. The van der Waals surface area contributed by atoms with E-state index in [9.17, 15) is 9.90 Å². The summed E-state index contributed by atoms with van der Waals surface area (Å²) in [6.45, 7) is 2.44. The van der Waals surface area contributed by atoms with Crippen molar-refractivity contribution < 1.29 is 5.11 Å². The van der Waals surface area contributed by atoms with Gasteiger partial charge in [-0.25, -0.2) is 15.0 Å². The first-order valence-corrected chi connectivity index (χ1v) is 7.30. The van der Waals surface area contributed by atoms with Crippen molar-refractivity contribution >= 4 is 11.2 Å². The van der Waals surface area contributed by atoms with Gasteiger partial charge in [-0.05, 0) is 19.4 Å². The summed E-state index contributed by atoms with van der Waals surface area (Å²) in [7, 11) is 0. The van der Waals surface area contributed by atoms with Gasteiger partial charge in [0, 0.05) is 31.5 Å². The SMILES string of the molecule is O=c1c2nccnc2ncn1CCN1CCCCC1CO. The molecule has 7 heteroatoms. The third-order valence-corrected chi connectivity index (χ3v) is 4.05. The van der Waals surface area contributed by atoms with E-state index in [1.807, 2.05) is 0 Å². The first kappa shape index (κ1) is 14.1. The van der Waals surface area contributed by atoms with Crippen LogP contribution in [0.25, 0.3) is 11.2 Å². The van der Waals surface area contributed by atoms with E-state index in [0.29, 0.717) is 17.7 Å². The summed E-state index contributed by atoms with van der Waals surface area (Å²) < 4.78 is 1.57. The highest BCUT2D eigenvalue weighted by Crippen LogP contribution is 2.16. The molecule has 0 spiro atoms. The number of aliphatic hydroxyl groups excluding tert-OH is 1. The summed E-state index contributed by atoms with van der Waals surface area (Å²) in [5.74, 6) is 0. The van der Waals surface area contributed by atoms with Gasteiger partial charge in [-0.2, -0.15) is 0 Å². The van der Waals surface area contributed by atoms with Crippen molar-refractivity contribution in [3.05, 3.63) is 29.1 Å². The maximum atomic E-state index is 12.3. The van der Waals surface area contributed by atoms with E-state index in [4.69, 9.17) is 0 Å². The predicted molar refractivity (Wildman–Crippen MR) is 77.9 cm³/mol. The molecular formula is C14H19N5O2. The van der Waals surface area contributed by atoms with Crippen LogP contribution in [0.4, 0.5) is 0 Å². The fraction of sp³-hybridized carbons (Fsp3) is 0.571. The zero-order chi connectivity index (χ0) is 14.7. The van der Waals surface area contributed by atoms with Crippen LogP contribution < -0.4 is 5.56 Å². The lowest BCUT2D eigenvalue weighted by Gasteiger charge is -2.34. The molecule has 1 saturated heterocycles. The van der Waals surface area contributed by atoms with Crippen molar-refractivity contribution in [3.8, 4) is 0 Å². The number of nitrogens with zero attached hydrogens (tertiary/aromatic N) is 5. The second-order valence-electron chi connectivity index (χ2n) is 5.34. The Hall–Kier alpha value is -1.86. The van der Waals surface area contributed by atoms with E-state index in [1.165, 1.54) is 18.7 Å². The van der Waals surface area contributed by atoms with E-state index >= 15 is 0 Å². The molecule has 3 rings (SSSR count). The zero-order valence-electron chi connectivity index (χ0n) is 11.9. The molecule has 0 amide bonds. The number of fused-ring (bicyclic) bond motifs is 1. The number of aromatic nitrogens is 4. The fourth-order valence-electron chi connectivity index (χ4n) is 2.85. The van der Waals surface area contributed by atoms with Crippen LogP contribution in [0.2, 0.25) is 0 Å². The van der Waals surface area contributed by atoms with E-state index in [1.54, 1.807) is 4.57 Å². The van der Waals surface area contributed by atoms with Crippen LogP contribution in [0.15, 0.2) is 23.5 Å². The van der Waals surface area contributed by atoms with Crippen molar-refractivity contribution in [2.45, 2.75) is 31.8 Å². The van der Waals surface area contributed by atoms with Crippen LogP contribution in [0.1, 0.15) is 19.3 Å². The Labute approximate surface area is 122 Å². The molecule has 1 unspecified atom stereocenters. The molecule has 21 heavy (non-hydrogen) atoms. The number of hydrogen-bond acceptors (Lipinski definition) is 6. The van der Waals surface area contributed by atoms with E-state index < -0.39 is 0 Å². The maximum absolute atomic E-state index is 12.3. The predicted octanol–water partition coefficient (Wildman–Crippen LogP) is 0.0333. The minimum absolute atomic E-state index is 0.161. The molecule has 112 valence electrons. The molecule has 1 atom stereocenters. The van der Waals surface area contributed by atoms with Crippen molar-refractivity contribution in [3.63, 3.8) is 0 Å². The van der Waals surface area contributed by atoms with Gasteiger partial charge in [-0.1, -0.05) is 6.42 Å². The summed E-state index contributed by atoms with van der Waals surface area (Å²) in [4.78, 5) is 26.8. The standard InChI is InChI=1S/C14H19N5O2/c20-9-11-3-1-2-6-18(11)7-8-19-10-17-13-12(14(19)21)15-4-5-16-13/h4-5,10-11,20H,1-3,6-9H2. The number of aliphatic hydroxyl groups is 1. The van der Waals surface area contributed by atoms with E-state index in [-0.39, 0.29) is 18.2 Å². The van der Waals surface area contributed by atoms with Crippen LogP contribution in [-0.2, 0) is 6.54 Å². The van der Waals surface area contributed by atoms with E-state index in [0.717, 1.165) is 32.4 Å². The van der Waals surface area contributed by atoms with Crippen molar-refractivity contribution in [1.29, 1.82) is 0 Å². The monoisotopic (exact) mass is 289 g/mol. The fourth-order valence-corrected chi connectivity index (χ4v) is 2.85. The molecule has 0 radical (unpaired) electrons. The highest BCUT2D eigenvalue weighted by Gasteiger charge is 2.21. The number of hydrogen-bond donors (Lipinski definition) is 1. The lowest BCUT2D eigenvalue weighted by Crippen LogP contribution is -2.44. The Morgan fingerprint density at radius 1 is 1.19 bits per heavy atom. The lowest BCUT2D eigenvalue weighted by molar-refractivity contribution is 0.0868. The van der Waals surface area contributed by atoms with Gasteiger partial charge in [0.05, 0.1) is 6.61 Å². The molecular weight excluding hydrogens is 270 g/mol. The second kappa shape index (κ2) is 6.28. The topological polar surface area (TPSA) is 84.1 Å². The molecule has 1 N–H and O–H groups in total. The summed E-state index contributed by atoms with van der Waals surface area (Å²) in [5.41, 5.74) is 0.521. The Morgan fingerprint density at radius 3 is 2.90 bits per heavy atom. The quantitative estimate of drug-likeness (QED) is 0.855. The molecule has 0 bridgehead atoms. The Balaban J connectivity index is 1.76. The number of rotatable bonds is 4. The Bertz CT molecular complexity index is 672. The number of piperidine rings is 1. The van der Waals surface area contributed by atoms with Crippen LogP contribution in [0, 0.1) is 0 Å². The van der Waals surface area contributed by atoms with E-state index in [2.05, 4.69) is 19.9 Å². The van der Waals surface area contributed by atoms with Gasteiger partial charge >= 0.3 is 0 Å². The first-order chi connectivity index (χ1) is 10.3.